The number of hydrogen-bond acceptors (Lipinski definition) is 2. The van der Waals surface area contributed by atoms with E-state index in [9.17, 15) is 4.79 Å². The second kappa shape index (κ2) is 13.9. The summed E-state index contributed by atoms with van der Waals surface area (Å²) in [6, 6.07) is -0.343. The van der Waals surface area contributed by atoms with Gasteiger partial charge in [0.2, 0.25) is 0 Å². The van der Waals surface area contributed by atoms with Gasteiger partial charge in [-0.1, -0.05) is 71.6 Å². The lowest BCUT2D eigenvalue weighted by molar-refractivity contribution is -0.139. The Labute approximate surface area is 119 Å². The average molecular weight is 271 g/mol. The van der Waals surface area contributed by atoms with E-state index in [0.717, 1.165) is 32.2 Å². The summed E-state index contributed by atoms with van der Waals surface area (Å²) < 4.78 is 0. The highest BCUT2D eigenvalue weighted by atomic mass is 16.4. The van der Waals surface area contributed by atoms with Crippen molar-refractivity contribution in [2.45, 2.75) is 90.5 Å². The summed E-state index contributed by atoms with van der Waals surface area (Å²) in [6.07, 6.45) is 13.1. The number of carbonyl (C=O) groups is 1. The molecule has 0 bridgehead atoms. The molecule has 0 fully saturated rings. The van der Waals surface area contributed by atoms with Crippen LogP contribution in [0.25, 0.3) is 0 Å². The molecular weight excluding hydrogens is 238 g/mol. The quantitative estimate of drug-likeness (QED) is 0.461. The van der Waals surface area contributed by atoms with Gasteiger partial charge in [0, 0.05) is 0 Å². The first-order valence-electron chi connectivity index (χ1n) is 8.18. The molecule has 0 heterocycles. The third kappa shape index (κ3) is 12.2. The van der Waals surface area contributed by atoms with Crippen LogP contribution >= 0.6 is 0 Å². The van der Waals surface area contributed by atoms with Crippen LogP contribution in [0.1, 0.15) is 84.5 Å². The highest BCUT2D eigenvalue weighted by Gasteiger charge is 2.14. The molecule has 0 aliphatic carbocycles. The first-order valence-corrected chi connectivity index (χ1v) is 8.18. The van der Waals surface area contributed by atoms with Crippen LogP contribution in [0, 0.1) is 0 Å². The van der Waals surface area contributed by atoms with Crippen LogP contribution in [-0.2, 0) is 4.79 Å². The topological polar surface area (TPSA) is 49.3 Å². The summed E-state index contributed by atoms with van der Waals surface area (Å²) in [5.74, 6) is -0.701. The van der Waals surface area contributed by atoms with E-state index in [1.165, 1.54) is 44.9 Å². The first-order chi connectivity index (χ1) is 9.22. The van der Waals surface area contributed by atoms with Gasteiger partial charge in [0.05, 0.1) is 0 Å². The fourth-order valence-corrected chi connectivity index (χ4v) is 2.26. The minimum absolute atomic E-state index is 0.343. The SMILES string of the molecule is CCCCCCCCCCNC(CCCC)C(=O)O. The maximum atomic E-state index is 11.0. The van der Waals surface area contributed by atoms with Gasteiger partial charge in [0.15, 0.2) is 0 Å². The van der Waals surface area contributed by atoms with E-state index in [1.54, 1.807) is 0 Å². The number of hydrogen-bond donors (Lipinski definition) is 2. The zero-order valence-corrected chi connectivity index (χ0v) is 12.9. The molecule has 0 saturated heterocycles. The summed E-state index contributed by atoms with van der Waals surface area (Å²) in [5, 5.41) is 12.2. The monoisotopic (exact) mass is 271 g/mol. The zero-order chi connectivity index (χ0) is 14.3. The van der Waals surface area contributed by atoms with Gasteiger partial charge in [-0.2, -0.15) is 0 Å². The number of carboxylic acids is 1. The van der Waals surface area contributed by atoms with Crippen LogP contribution in [0.2, 0.25) is 0 Å². The minimum Gasteiger partial charge on any atom is -0.480 e. The van der Waals surface area contributed by atoms with Crippen molar-refractivity contribution in [3.63, 3.8) is 0 Å². The Morgan fingerprint density at radius 2 is 1.42 bits per heavy atom. The van der Waals surface area contributed by atoms with E-state index in [2.05, 4.69) is 19.2 Å². The van der Waals surface area contributed by atoms with Gasteiger partial charge in [-0.3, -0.25) is 4.79 Å². The summed E-state index contributed by atoms with van der Waals surface area (Å²) in [7, 11) is 0. The molecule has 0 aromatic carbocycles. The van der Waals surface area contributed by atoms with E-state index in [-0.39, 0.29) is 6.04 Å². The average Bonchev–Trinajstić information content (AvgIpc) is 2.39. The molecule has 0 rings (SSSR count). The first kappa shape index (κ1) is 18.4. The molecule has 0 aromatic rings. The molecule has 0 saturated carbocycles. The smallest absolute Gasteiger partial charge is 0.320 e. The van der Waals surface area contributed by atoms with Gasteiger partial charge < -0.3 is 10.4 Å². The Hall–Kier alpha value is -0.570. The van der Waals surface area contributed by atoms with Crippen LogP contribution in [0.3, 0.4) is 0 Å². The van der Waals surface area contributed by atoms with Gasteiger partial charge in [-0.25, -0.2) is 0 Å². The summed E-state index contributed by atoms with van der Waals surface area (Å²) in [5.41, 5.74) is 0. The molecule has 1 atom stereocenters. The molecule has 0 spiro atoms. The molecule has 0 aromatic heterocycles. The molecule has 19 heavy (non-hydrogen) atoms. The lowest BCUT2D eigenvalue weighted by Crippen LogP contribution is -2.37. The zero-order valence-electron chi connectivity index (χ0n) is 12.9. The third-order valence-electron chi connectivity index (χ3n) is 3.57. The predicted molar refractivity (Wildman–Crippen MR) is 81.6 cm³/mol. The fourth-order valence-electron chi connectivity index (χ4n) is 2.26. The van der Waals surface area contributed by atoms with Crippen molar-refractivity contribution in [2.24, 2.45) is 0 Å². The molecule has 0 amide bonds. The number of rotatable bonds is 14. The lowest BCUT2D eigenvalue weighted by atomic mass is 10.1. The number of carboxylic acid groups (broad SMARTS) is 1. The van der Waals surface area contributed by atoms with Crippen LogP contribution < -0.4 is 5.32 Å². The minimum atomic E-state index is -0.701. The number of unbranched alkanes of at least 4 members (excludes halogenated alkanes) is 8. The van der Waals surface area contributed by atoms with Crippen LogP contribution in [0.4, 0.5) is 0 Å². The van der Waals surface area contributed by atoms with Gasteiger partial charge in [0.25, 0.3) is 0 Å². The summed E-state index contributed by atoms with van der Waals surface area (Å²) in [4.78, 5) is 11.0. The molecule has 0 aliphatic heterocycles. The largest absolute Gasteiger partial charge is 0.480 e. The maximum Gasteiger partial charge on any atom is 0.320 e. The van der Waals surface area contributed by atoms with Crippen molar-refractivity contribution in [3.05, 3.63) is 0 Å². The predicted octanol–water partition coefficient (Wildman–Crippen LogP) is 4.36. The molecule has 2 N–H and O–H groups in total. The molecule has 1 unspecified atom stereocenters. The van der Waals surface area contributed by atoms with Gasteiger partial charge in [-0.05, 0) is 19.4 Å². The van der Waals surface area contributed by atoms with Gasteiger partial charge in [0.1, 0.15) is 6.04 Å². The number of aliphatic carboxylic acids is 1. The second-order valence-corrected chi connectivity index (χ2v) is 5.46. The van der Waals surface area contributed by atoms with Crippen molar-refractivity contribution in [2.75, 3.05) is 6.54 Å². The molecular formula is C16H33NO2. The Morgan fingerprint density at radius 1 is 0.895 bits per heavy atom. The number of nitrogens with one attached hydrogen (secondary N) is 1. The summed E-state index contributed by atoms with van der Waals surface area (Å²) >= 11 is 0. The molecule has 114 valence electrons. The lowest BCUT2D eigenvalue weighted by Gasteiger charge is -2.13. The Bertz CT molecular complexity index is 207. The van der Waals surface area contributed by atoms with Crippen LogP contribution in [0.15, 0.2) is 0 Å². The van der Waals surface area contributed by atoms with E-state index < -0.39 is 5.97 Å². The van der Waals surface area contributed by atoms with Gasteiger partial charge in [-0.15, -0.1) is 0 Å². The Balaban J connectivity index is 3.37. The third-order valence-corrected chi connectivity index (χ3v) is 3.57. The fraction of sp³-hybridized carbons (Fsp3) is 0.938. The van der Waals surface area contributed by atoms with Crippen molar-refractivity contribution in [3.8, 4) is 0 Å². The van der Waals surface area contributed by atoms with Crippen LogP contribution in [0.5, 0.6) is 0 Å². The maximum absolute atomic E-state index is 11.0. The van der Waals surface area contributed by atoms with E-state index in [0.29, 0.717) is 0 Å². The highest BCUT2D eigenvalue weighted by molar-refractivity contribution is 5.73. The van der Waals surface area contributed by atoms with E-state index in [4.69, 9.17) is 5.11 Å². The standard InChI is InChI=1S/C16H33NO2/c1-3-5-7-8-9-10-11-12-14-17-15(16(18)19)13-6-4-2/h15,17H,3-14H2,1-2H3,(H,18,19). The summed E-state index contributed by atoms with van der Waals surface area (Å²) in [6.45, 7) is 5.18. The normalized spacial score (nSPS) is 12.5. The van der Waals surface area contributed by atoms with Crippen molar-refractivity contribution < 1.29 is 9.90 Å². The van der Waals surface area contributed by atoms with E-state index in [1.807, 2.05) is 0 Å². The molecule has 3 nitrogen and oxygen atoms in total. The molecule has 3 heteroatoms. The highest BCUT2D eigenvalue weighted by Crippen LogP contribution is 2.08. The van der Waals surface area contributed by atoms with Crippen molar-refractivity contribution in [1.29, 1.82) is 0 Å². The van der Waals surface area contributed by atoms with Crippen molar-refractivity contribution in [1.82, 2.24) is 5.32 Å². The second-order valence-electron chi connectivity index (χ2n) is 5.46. The van der Waals surface area contributed by atoms with Gasteiger partial charge >= 0.3 is 5.97 Å². The Kier molecular flexibility index (Phi) is 13.4. The van der Waals surface area contributed by atoms with E-state index >= 15 is 0 Å². The molecule has 0 aliphatic rings. The van der Waals surface area contributed by atoms with Crippen LogP contribution in [-0.4, -0.2) is 23.7 Å². The van der Waals surface area contributed by atoms with Crippen molar-refractivity contribution >= 4 is 5.97 Å². The Morgan fingerprint density at radius 3 is 1.95 bits per heavy atom. The molecule has 0 radical (unpaired) electrons.